The molecule has 1 atom stereocenters. The molecule has 3 amide bonds. The molecule has 6 rings (SSSR count). The highest BCUT2D eigenvalue weighted by atomic mass is 35.5. The molecule has 0 saturated carbocycles. The summed E-state index contributed by atoms with van der Waals surface area (Å²) in [5.41, 5.74) is 2.39. The van der Waals surface area contributed by atoms with Crippen LogP contribution in [-0.2, 0) is 23.1 Å². The fraction of sp³-hybridized carbons (Fsp3) is 0.357. The monoisotopic (exact) mass is 801 g/mol. The van der Waals surface area contributed by atoms with E-state index in [4.69, 9.17) is 16.3 Å². The van der Waals surface area contributed by atoms with Crippen LogP contribution in [0.4, 0.5) is 14.5 Å². The van der Waals surface area contributed by atoms with Crippen LogP contribution < -0.4 is 10.2 Å². The quantitative estimate of drug-likeness (QED) is 0.158. The Morgan fingerprint density at radius 1 is 0.947 bits per heavy atom. The number of methoxy groups -OCH3 is 1. The van der Waals surface area contributed by atoms with Gasteiger partial charge in [-0.1, -0.05) is 54.9 Å². The van der Waals surface area contributed by atoms with Crippen molar-refractivity contribution in [3.05, 3.63) is 101 Å². The maximum absolute atomic E-state index is 16.0. The molecule has 3 heterocycles. The lowest BCUT2D eigenvalue weighted by Gasteiger charge is -2.36. The van der Waals surface area contributed by atoms with E-state index in [2.05, 4.69) is 29.5 Å². The molecule has 1 aliphatic heterocycles. The number of carbonyl (C=O) groups is 3. The van der Waals surface area contributed by atoms with Crippen LogP contribution in [0, 0.1) is 17.6 Å². The van der Waals surface area contributed by atoms with Crippen molar-refractivity contribution in [3.8, 4) is 33.6 Å². The zero-order chi connectivity index (χ0) is 40.8. The Bertz CT molecular complexity index is 2230. The fourth-order valence-corrected chi connectivity index (χ4v) is 7.29. The summed E-state index contributed by atoms with van der Waals surface area (Å²) < 4.78 is 40.1. The molecule has 1 saturated heterocycles. The summed E-state index contributed by atoms with van der Waals surface area (Å²) in [5, 5.41) is 7.51. The van der Waals surface area contributed by atoms with Gasteiger partial charge in [0.25, 0.3) is 11.8 Å². The molecule has 1 aliphatic rings. The van der Waals surface area contributed by atoms with Crippen molar-refractivity contribution in [2.24, 2.45) is 13.0 Å². The Labute approximate surface area is 336 Å². The van der Waals surface area contributed by atoms with E-state index in [-0.39, 0.29) is 51.0 Å². The van der Waals surface area contributed by atoms with Crippen LogP contribution in [0.15, 0.2) is 73.1 Å². The molecule has 1 fully saturated rings. The van der Waals surface area contributed by atoms with Crippen molar-refractivity contribution >= 4 is 35.0 Å². The summed E-state index contributed by atoms with van der Waals surface area (Å²) in [6.07, 6.45) is 4.57. The molecule has 1 unspecified atom stereocenters. The first-order chi connectivity index (χ1) is 27.4. The van der Waals surface area contributed by atoms with Crippen LogP contribution in [0.2, 0.25) is 5.02 Å². The van der Waals surface area contributed by atoms with Crippen molar-refractivity contribution in [1.29, 1.82) is 0 Å². The molecule has 0 bridgehead atoms. The van der Waals surface area contributed by atoms with Crippen LogP contribution >= 0.6 is 11.6 Å². The van der Waals surface area contributed by atoms with Gasteiger partial charge >= 0.3 is 0 Å². The number of nitrogens with one attached hydrogen (secondary N) is 2. The highest BCUT2D eigenvalue weighted by molar-refractivity contribution is 6.34. The summed E-state index contributed by atoms with van der Waals surface area (Å²) in [4.78, 5) is 49.0. The van der Waals surface area contributed by atoms with E-state index in [1.165, 1.54) is 40.9 Å². The van der Waals surface area contributed by atoms with E-state index in [1.54, 1.807) is 35.0 Å². The minimum absolute atomic E-state index is 0.0318. The molecule has 2 aromatic heterocycles. The molecule has 5 aromatic rings. The predicted octanol–water partition coefficient (Wildman–Crippen LogP) is 5.29. The van der Waals surface area contributed by atoms with Crippen molar-refractivity contribution in [2.45, 2.75) is 26.3 Å². The molecule has 3 aromatic carbocycles. The van der Waals surface area contributed by atoms with E-state index in [1.807, 2.05) is 42.2 Å². The van der Waals surface area contributed by atoms with Gasteiger partial charge in [-0.2, -0.15) is 5.10 Å². The number of amides is 3. The third kappa shape index (κ3) is 9.08. The first-order valence-corrected chi connectivity index (χ1v) is 19.4. The molecule has 2 N–H and O–H groups in total. The van der Waals surface area contributed by atoms with Gasteiger partial charge in [0.05, 0.1) is 56.3 Å². The van der Waals surface area contributed by atoms with Gasteiger partial charge < -0.3 is 29.3 Å². The van der Waals surface area contributed by atoms with Gasteiger partial charge in [0.1, 0.15) is 5.69 Å². The number of imidazole rings is 1. The summed E-state index contributed by atoms with van der Waals surface area (Å²) >= 11 is 6.57. The highest BCUT2D eigenvalue weighted by Gasteiger charge is 2.30. The maximum Gasteiger partial charge on any atom is 0.291 e. The van der Waals surface area contributed by atoms with Gasteiger partial charge in [-0.3, -0.25) is 19.1 Å². The van der Waals surface area contributed by atoms with Gasteiger partial charge in [0.2, 0.25) is 5.91 Å². The minimum atomic E-state index is -1.10. The Morgan fingerprint density at radius 3 is 2.30 bits per heavy atom. The highest BCUT2D eigenvalue weighted by Crippen LogP contribution is 2.36. The number of halogens is 3. The molecular formula is C42H48ClF2N8O4+. The van der Waals surface area contributed by atoms with E-state index in [9.17, 15) is 14.4 Å². The number of quaternary nitrogens is 1. The third-order valence-electron chi connectivity index (χ3n) is 10.3. The topological polar surface area (TPSA) is 119 Å². The first kappa shape index (κ1) is 41.2. The third-order valence-corrected chi connectivity index (χ3v) is 10.7. The Kier molecular flexibility index (Phi) is 13.2. The summed E-state index contributed by atoms with van der Waals surface area (Å²) in [6, 6.07) is 16.8. The lowest BCUT2D eigenvalue weighted by Crippen LogP contribution is -3.05. The van der Waals surface area contributed by atoms with Gasteiger partial charge in [-0.05, 0) is 30.7 Å². The van der Waals surface area contributed by atoms with Crippen LogP contribution in [0.1, 0.15) is 40.7 Å². The van der Waals surface area contributed by atoms with E-state index in [0.717, 1.165) is 24.9 Å². The fourth-order valence-electron chi connectivity index (χ4n) is 7.03. The van der Waals surface area contributed by atoms with E-state index >= 15 is 8.78 Å². The van der Waals surface area contributed by atoms with Crippen LogP contribution in [0.5, 0.6) is 0 Å². The largest absolute Gasteiger partial charge is 0.383 e. The lowest BCUT2D eigenvalue weighted by molar-refractivity contribution is -0.858. The molecule has 57 heavy (non-hydrogen) atoms. The average molecular weight is 802 g/mol. The predicted molar refractivity (Wildman–Crippen MR) is 215 cm³/mol. The average Bonchev–Trinajstić information content (AvgIpc) is 3.81. The van der Waals surface area contributed by atoms with Gasteiger partial charge in [-0.25, -0.2) is 13.8 Å². The lowest BCUT2D eigenvalue weighted by atomic mass is 9.99. The molecule has 0 aliphatic carbocycles. The molecule has 15 heteroatoms. The molecule has 300 valence electrons. The molecule has 12 nitrogen and oxygen atoms in total. The summed E-state index contributed by atoms with van der Waals surface area (Å²) in [7, 11) is 7.25. The Morgan fingerprint density at radius 2 is 1.63 bits per heavy atom. The number of anilines is 1. The molecular weight excluding hydrogens is 754 g/mol. The first-order valence-electron chi connectivity index (χ1n) is 19.0. The minimum Gasteiger partial charge on any atom is -0.383 e. The zero-order valence-corrected chi connectivity index (χ0v) is 33.6. The second-order valence-corrected chi connectivity index (χ2v) is 14.9. The summed E-state index contributed by atoms with van der Waals surface area (Å²) in [6.45, 7) is 5.43. The maximum atomic E-state index is 16.0. The number of carbonyl (C=O) groups excluding carboxylic acids is 3. The Hall–Kier alpha value is -5.44. The van der Waals surface area contributed by atoms with E-state index in [0.29, 0.717) is 56.3 Å². The number of ether oxygens (including phenoxy) is 1. The molecule has 0 radical (unpaired) electrons. The Balaban J connectivity index is 1.13. The smallest absolute Gasteiger partial charge is 0.291 e. The SMILES string of the molecule is CCC(CC[NH+](C)C)C(=O)N1CCN(C(=O)c2ccc(NC(=O)c3ncc(-c4ccc(-c5cn(CCOC)nc5-c5ccccc5)c(F)c4F)n3C)cc2Cl)CC1. The summed E-state index contributed by atoms with van der Waals surface area (Å²) in [5.74, 6) is -3.01. The number of rotatable bonds is 14. The van der Waals surface area contributed by atoms with E-state index < -0.39 is 17.5 Å². The van der Waals surface area contributed by atoms with Gasteiger partial charge in [0.15, 0.2) is 17.5 Å². The number of hydrogen-bond acceptors (Lipinski definition) is 6. The van der Waals surface area contributed by atoms with Crippen molar-refractivity contribution in [2.75, 3.05) is 65.9 Å². The van der Waals surface area contributed by atoms with Crippen LogP contribution in [-0.4, -0.2) is 107 Å². The number of benzene rings is 3. The second kappa shape index (κ2) is 18.2. The number of nitrogens with zero attached hydrogens (tertiary/aromatic N) is 6. The number of aromatic nitrogens is 4. The van der Waals surface area contributed by atoms with Crippen molar-refractivity contribution in [1.82, 2.24) is 29.1 Å². The van der Waals surface area contributed by atoms with Crippen LogP contribution in [0.25, 0.3) is 33.6 Å². The number of hydrogen-bond donors (Lipinski definition) is 2. The van der Waals surface area contributed by atoms with Gasteiger partial charge in [-0.15, -0.1) is 0 Å². The second-order valence-electron chi connectivity index (χ2n) is 14.4. The van der Waals surface area contributed by atoms with Crippen molar-refractivity contribution < 1.29 is 32.8 Å². The van der Waals surface area contributed by atoms with Gasteiger partial charge in [0, 0.05) is 86.8 Å². The van der Waals surface area contributed by atoms with Crippen LogP contribution in [0.3, 0.4) is 0 Å². The standard InChI is InChI=1S/C42H47ClF2N8O4/c1-6-27(16-17-49(2)3)41(55)51-18-20-52(21-19-51)42(56)31-13-12-29(24-34(31)43)47-40(54)39-46-25-35(50(39)4)32-15-14-30(36(44)37(32)45)33-26-53(22-23-57-5)48-38(33)28-10-8-7-9-11-28/h7-15,24-27H,6,16-23H2,1-5H3,(H,47,54)/p+1. The molecule has 0 spiro atoms. The normalized spacial score (nSPS) is 13.6. The van der Waals surface area contributed by atoms with Crippen molar-refractivity contribution in [3.63, 3.8) is 0 Å². The number of piperazine rings is 1. The zero-order valence-electron chi connectivity index (χ0n) is 32.8.